The summed E-state index contributed by atoms with van der Waals surface area (Å²) in [6.45, 7) is 1.94. The largest absolute Gasteiger partial charge is 0.410 e. The monoisotopic (exact) mass is 298 g/mol. The lowest BCUT2D eigenvalue weighted by atomic mass is 10.1. The fourth-order valence-electron chi connectivity index (χ4n) is 1.58. The topological polar surface area (TPSA) is 45.5 Å². The molecule has 0 unspecified atom stereocenters. The van der Waals surface area contributed by atoms with Crippen LogP contribution in [0.2, 0.25) is 0 Å². The van der Waals surface area contributed by atoms with Gasteiger partial charge in [0.25, 0.3) is 0 Å². The summed E-state index contributed by atoms with van der Waals surface area (Å²) in [5.74, 6) is 0. The Balaban J connectivity index is 2.74. The molecule has 0 radical (unpaired) electrons. The molecular formula is C11H8BrClN2O. The van der Waals surface area contributed by atoms with Crippen LogP contribution >= 0.6 is 27.5 Å². The number of aromatic nitrogens is 1. The van der Waals surface area contributed by atoms with E-state index in [4.69, 9.17) is 16.8 Å². The molecule has 5 heteroatoms. The molecule has 0 fully saturated rings. The minimum Gasteiger partial charge on any atom is -0.410 e. The Kier molecular flexibility index (Phi) is 3.12. The molecule has 1 heterocycles. The zero-order valence-corrected chi connectivity index (χ0v) is 10.7. The van der Waals surface area contributed by atoms with E-state index in [-0.39, 0.29) is 5.17 Å². The first-order valence-corrected chi connectivity index (χ1v) is 5.73. The minimum absolute atomic E-state index is 0.0741. The smallest absolute Gasteiger partial charge is 0.175 e. The van der Waals surface area contributed by atoms with Crippen LogP contribution in [0, 0.1) is 6.92 Å². The maximum Gasteiger partial charge on any atom is 0.175 e. The van der Waals surface area contributed by atoms with Crippen molar-refractivity contribution in [2.45, 2.75) is 6.92 Å². The molecule has 0 spiro atoms. The van der Waals surface area contributed by atoms with Gasteiger partial charge in [-0.2, -0.15) is 0 Å². The van der Waals surface area contributed by atoms with Crippen molar-refractivity contribution in [3.63, 3.8) is 0 Å². The number of pyridine rings is 1. The van der Waals surface area contributed by atoms with Crippen molar-refractivity contribution in [3.8, 4) is 0 Å². The maximum absolute atomic E-state index is 8.64. The molecule has 0 saturated heterocycles. The molecule has 0 atom stereocenters. The van der Waals surface area contributed by atoms with Gasteiger partial charge in [0.2, 0.25) is 0 Å². The predicted octanol–water partition coefficient (Wildman–Crippen LogP) is 3.68. The molecule has 0 saturated carbocycles. The molecule has 1 aromatic carbocycles. The van der Waals surface area contributed by atoms with Crippen molar-refractivity contribution in [3.05, 3.63) is 40.0 Å². The summed E-state index contributed by atoms with van der Waals surface area (Å²) in [5.41, 5.74) is 2.57. The summed E-state index contributed by atoms with van der Waals surface area (Å²) in [7, 11) is 0. The number of benzene rings is 1. The summed E-state index contributed by atoms with van der Waals surface area (Å²) in [5, 5.41) is 12.6. The van der Waals surface area contributed by atoms with Gasteiger partial charge in [-0.1, -0.05) is 16.8 Å². The Morgan fingerprint density at radius 2 is 2.19 bits per heavy atom. The van der Waals surface area contributed by atoms with Crippen LogP contribution in [0.3, 0.4) is 0 Å². The van der Waals surface area contributed by atoms with Crippen LogP contribution in [0.15, 0.2) is 34.0 Å². The molecule has 0 aliphatic rings. The van der Waals surface area contributed by atoms with E-state index in [1.54, 1.807) is 6.20 Å². The van der Waals surface area contributed by atoms with Gasteiger partial charge in [-0.25, -0.2) is 0 Å². The third kappa shape index (κ3) is 2.03. The van der Waals surface area contributed by atoms with Gasteiger partial charge in [-0.15, -0.1) is 0 Å². The summed E-state index contributed by atoms with van der Waals surface area (Å²) in [6, 6.07) is 5.62. The Hall–Kier alpha value is -1.13. The van der Waals surface area contributed by atoms with Crippen molar-refractivity contribution >= 4 is 43.6 Å². The van der Waals surface area contributed by atoms with E-state index in [1.165, 1.54) is 0 Å². The number of nitrogens with zero attached hydrogens (tertiary/aromatic N) is 2. The summed E-state index contributed by atoms with van der Waals surface area (Å²) in [6.07, 6.45) is 1.75. The number of rotatable bonds is 1. The Labute approximate surface area is 106 Å². The summed E-state index contributed by atoms with van der Waals surface area (Å²) in [4.78, 5) is 4.31. The van der Waals surface area contributed by atoms with Gasteiger partial charge in [0, 0.05) is 21.6 Å². The number of hydrogen-bond acceptors (Lipinski definition) is 3. The van der Waals surface area contributed by atoms with Crippen molar-refractivity contribution in [1.82, 2.24) is 4.98 Å². The second-order valence-electron chi connectivity index (χ2n) is 3.41. The second-order valence-corrected chi connectivity index (χ2v) is 4.68. The molecular weight excluding hydrogens is 291 g/mol. The predicted molar refractivity (Wildman–Crippen MR) is 68.4 cm³/mol. The lowest BCUT2D eigenvalue weighted by Gasteiger charge is -2.05. The van der Waals surface area contributed by atoms with E-state index >= 15 is 0 Å². The van der Waals surface area contributed by atoms with Crippen LogP contribution in [0.25, 0.3) is 10.9 Å². The Morgan fingerprint density at radius 1 is 1.44 bits per heavy atom. The number of hydrogen-bond donors (Lipinski definition) is 1. The third-order valence-electron chi connectivity index (χ3n) is 2.27. The van der Waals surface area contributed by atoms with E-state index in [1.807, 2.05) is 25.1 Å². The third-order valence-corrected chi connectivity index (χ3v) is 2.99. The Bertz CT molecular complexity index is 583. The first kappa shape index (κ1) is 11.4. The normalized spacial score (nSPS) is 12.1. The van der Waals surface area contributed by atoms with Crippen LogP contribution in [0.4, 0.5) is 0 Å². The van der Waals surface area contributed by atoms with E-state index in [0.717, 1.165) is 20.9 Å². The summed E-state index contributed by atoms with van der Waals surface area (Å²) >= 11 is 9.13. The second kappa shape index (κ2) is 4.39. The minimum atomic E-state index is 0.0741. The standard InChI is InChI=1S/C11H8BrClN2O/c1-6-2-8(11(13)15-16)3-7-4-9(12)5-14-10(6)7/h2-5,16H,1H3/b15-11-. The van der Waals surface area contributed by atoms with E-state index in [9.17, 15) is 0 Å². The molecule has 16 heavy (non-hydrogen) atoms. The molecule has 3 nitrogen and oxygen atoms in total. The highest BCUT2D eigenvalue weighted by atomic mass is 79.9. The van der Waals surface area contributed by atoms with Crippen LogP contribution in [0.1, 0.15) is 11.1 Å². The zero-order chi connectivity index (χ0) is 11.7. The number of halogens is 2. The van der Waals surface area contributed by atoms with Crippen LogP contribution in [-0.2, 0) is 0 Å². The SMILES string of the molecule is Cc1cc(/C(Cl)=N/O)cc2cc(Br)cnc12. The molecule has 0 amide bonds. The average molecular weight is 300 g/mol. The average Bonchev–Trinajstić information content (AvgIpc) is 2.27. The van der Waals surface area contributed by atoms with Crippen molar-refractivity contribution < 1.29 is 5.21 Å². The van der Waals surface area contributed by atoms with Gasteiger partial charge in [0.15, 0.2) is 5.17 Å². The number of fused-ring (bicyclic) bond motifs is 1. The molecule has 1 N–H and O–H groups in total. The first-order valence-electron chi connectivity index (χ1n) is 4.55. The van der Waals surface area contributed by atoms with Crippen molar-refractivity contribution in [2.24, 2.45) is 5.16 Å². The number of aryl methyl sites for hydroxylation is 1. The van der Waals surface area contributed by atoms with Gasteiger partial charge >= 0.3 is 0 Å². The maximum atomic E-state index is 8.64. The fourth-order valence-corrected chi connectivity index (χ4v) is 2.04. The molecule has 0 bridgehead atoms. The molecule has 0 aliphatic heterocycles. The molecule has 1 aromatic heterocycles. The molecule has 2 rings (SSSR count). The van der Waals surface area contributed by atoms with Gasteiger partial charge < -0.3 is 5.21 Å². The highest BCUT2D eigenvalue weighted by molar-refractivity contribution is 9.10. The molecule has 0 aliphatic carbocycles. The van der Waals surface area contributed by atoms with Gasteiger partial charge in [-0.05, 0) is 46.6 Å². The van der Waals surface area contributed by atoms with Gasteiger partial charge in [0.1, 0.15) is 0 Å². The van der Waals surface area contributed by atoms with Gasteiger partial charge in [0.05, 0.1) is 5.52 Å². The molecule has 82 valence electrons. The molecule has 2 aromatic rings. The first-order chi connectivity index (χ1) is 7.61. The van der Waals surface area contributed by atoms with E-state index in [2.05, 4.69) is 26.1 Å². The van der Waals surface area contributed by atoms with Crippen molar-refractivity contribution in [1.29, 1.82) is 0 Å². The van der Waals surface area contributed by atoms with Gasteiger partial charge in [-0.3, -0.25) is 4.98 Å². The highest BCUT2D eigenvalue weighted by Gasteiger charge is 2.06. The summed E-state index contributed by atoms with van der Waals surface area (Å²) < 4.78 is 0.897. The number of oxime groups is 1. The van der Waals surface area contributed by atoms with Crippen LogP contribution in [-0.4, -0.2) is 15.4 Å². The van der Waals surface area contributed by atoms with Crippen LogP contribution in [0.5, 0.6) is 0 Å². The zero-order valence-electron chi connectivity index (χ0n) is 8.41. The van der Waals surface area contributed by atoms with E-state index in [0.29, 0.717) is 5.56 Å². The lowest BCUT2D eigenvalue weighted by Crippen LogP contribution is -1.94. The Morgan fingerprint density at radius 3 is 2.88 bits per heavy atom. The quantitative estimate of drug-likeness (QED) is 0.496. The van der Waals surface area contributed by atoms with E-state index < -0.39 is 0 Å². The van der Waals surface area contributed by atoms with Crippen LogP contribution < -0.4 is 0 Å². The van der Waals surface area contributed by atoms with Crippen molar-refractivity contribution in [2.75, 3.05) is 0 Å². The fraction of sp³-hybridized carbons (Fsp3) is 0.0909. The lowest BCUT2D eigenvalue weighted by molar-refractivity contribution is 0.321. The highest BCUT2D eigenvalue weighted by Crippen LogP contribution is 2.23.